The van der Waals surface area contributed by atoms with E-state index in [1.54, 1.807) is 6.07 Å². The van der Waals surface area contributed by atoms with Gasteiger partial charge in [-0.25, -0.2) is 0 Å². The smallest absolute Gasteiger partial charge is 0.254 e. The van der Waals surface area contributed by atoms with Crippen LogP contribution in [0.5, 0.6) is 0 Å². The molecule has 1 aromatic rings. The van der Waals surface area contributed by atoms with Gasteiger partial charge in [-0.2, -0.15) is 0 Å². The van der Waals surface area contributed by atoms with Crippen LogP contribution in [0.4, 0.5) is 0 Å². The van der Waals surface area contributed by atoms with Crippen LogP contribution < -0.4 is 5.32 Å². The van der Waals surface area contributed by atoms with Gasteiger partial charge in [0.15, 0.2) is 0 Å². The molecule has 0 bridgehead atoms. The summed E-state index contributed by atoms with van der Waals surface area (Å²) in [5.74, 6) is 0.539. The minimum atomic E-state index is -0.0670. The average molecular weight is 209 g/mol. The number of carbonyl (C=O) groups is 1. The lowest BCUT2D eigenvalue weighted by Gasteiger charge is -2.07. The normalized spacial score (nSPS) is 20.4. The van der Waals surface area contributed by atoms with Crippen molar-refractivity contribution in [1.29, 1.82) is 0 Å². The van der Waals surface area contributed by atoms with Crippen molar-refractivity contribution in [3.63, 3.8) is 0 Å². The molecular weight excluding hydrogens is 194 g/mol. The highest BCUT2D eigenvalue weighted by molar-refractivity contribution is 5.93. The van der Waals surface area contributed by atoms with E-state index in [9.17, 15) is 4.79 Å². The zero-order valence-corrected chi connectivity index (χ0v) is 8.57. The predicted octanol–water partition coefficient (Wildman–Crippen LogP) is 1.44. The summed E-state index contributed by atoms with van der Waals surface area (Å²) in [6.45, 7) is 2.40. The lowest BCUT2D eigenvalue weighted by molar-refractivity contribution is 0.0950. The topological polar surface area (TPSA) is 51.5 Å². The van der Waals surface area contributed by atoms with Crippen molar-refractivity contribution in [3.8, 4) is 0 Å². The molecule has 0 aromatic carbocycles. The third-order valence-corrected chi connectivity index (χ3v) is 2.65. The molecule has 1 N–H and O–H groups in total. The maximum atomic E-state index is 11.5. The highest BCUT2D eigenvalue weighted by atomic mass is 16.5. The molecule has 0 radical (unpaired) electrons. The van der Waals surface area contributed by atoms with Crippen molar-refractivity contribution in [3.05, 3.63) is 24.2 Å². The Balaban J connectivity index is 1.67. The zero-order chi connectivity index (χ0) is 10.5. The Morgan fingerprint density at radius 2 is 2.53 bits per heavy atom. The highest BCUT2D eigenvalue weighted by Crippen LogP contribution is 2.15. The molecule has 1 unspecified atom stereocenters. The fourth-order valence-electron chi connectivity index (χ4n) is 1.70. The van der Waals surface area contributed by atoms with Gasteiger partial charge < -0.3 is 14.5 Å². The van der Waals surface area contributed by atoms with Gasteiger partial charge in [0.05, 0.1) is 11.8 Å². The van der Waals surface area contributed by atoms with Gasteiger partial charge in [-0.15, -0.1) is 0 Å². The van der Waals surface area contributed by atoms with E-state index in [1.165, 1.54) is 12.5 Å². The maximum Gasteiger partial charge on any atom is 0.254 e. The third-order valence-electron chi connectivity index (χ3n) is 2.65. The highest BCUT2D eigenvalue weighted by Gasteiger charge is 2.15. The number of ether oxygens (including phenoxy) is 1. The standard InChI is InChI=1S/C11H15NO3/c13-11(10-3-6-15-8-10)12-4-1-9-2-5-14-7-9/h3,6,8-9H,1-2,4-5,7H2,(H,12,13). The first-order chi connectivity index (χ1) is 7.36. The Bertz CT molecular complexity index is 302. The summed E-state index contributed by atoms with van der Waals surface area (Å²) in [7, 11) is 0. The molecule has 0 saturated carbocycles. The molecule has 1 amide bonds. The summed E-state index contributed by atoms with van der Waals surface area (Å²) in [4.78, 5) is 11.5. The van der Waals surface area contributed by atoms with Gasteiger partial charge in [0, 0.05) is 19.8 Å². The molecule has 0 aliphatic carbocycles. The lowest BCUT2D eigenvalue weighted by Crippen LogP contribution is -2.25. The Kier molecular flexibility index (Phi) is 3.40. The summed E-state index contributed by atoms with van der Waals surface area (Å²) in [6.07, 6.45) is 5.05. The van der Waals surface area contributed by atoms with Gasteiger partial charge >= 0.3 is 0 Å². The second kappa shape index (κ2) is 4.98. The molecular formula is C11H15NO3. The van der Waals surface area contributed by atoms with Crippen LogP contribution in [-0.4, -0.2) is 25.7 Å². The summed E-state index contributed by atoms with van der Waals surface area (Å²) in [6, 6.07) is 1.66. The number of carbonyl (C=O) groups excluding carboxylic acids is 1. The van der Waals surface area contributed by atoms with Crippen LogP contribution in [0, 0.1) is 5.92 Å². The fraction of sp³-hybridized carbons (Fsp3) is 0.545. The average Bonchev–Trinajstić information content (AvgIpc) is 2.90. The molecule has 1 atom stereocenters. The van der Waals surface area contributed by atoms with Crippen LogP contribution in [0.2, 0.25) is 0 Å². The van der Waals surface area contributed by atoms with Crippen molar-refractivity contribution in [2.75, 3.05) is 19.8 Å². The largest absolute Gasteiger partial charge is 0.472 e. The SMILES string of the molecule is O=C(NCCC1CCOC1)c1ccoc1. The second-order valence-corrected chi connectivity index (χ2v) is 3.79. The van der Waals surface area contributed by atoms with E-state index >= 15 is 0 Å². The van der Waals surface area contributed by atoms with E-state index in [0.29, 0.717) is 18.0 Å². The number of nitrogens with one attached hydrogen (secondary N) is 1. The fourth-order valence-corrected chi connectivity index (χ4v) is 1.70. The van der Waals surface area contributed by atoms with Crippen LogP contribution in [0.15, 0.2) is 23.0 Å². The molecule has 1 aromatic heterocycles. The van der Waals surface area contributed by atoms with Gasteiger partial charge in [0.1, 0.15) is 6.26 Å². The number of hydrogen-bond acceptors (Lipinski definition) is 3. The van der Waals surface area contributed by atoms with E-state index in [2.05, 4.69) is 5.32 Å². The van der Waals surface area contributed by atoms with E-state index in [-0.39, 0.29) is 5.91 Å². The second-order valence-electron chi connectivity index (χ2n) is 3.79. The van der Waals surface area contributed by atoms with E-state index < -0.39 is 0 Å². The third kappa shape index (κ3) is 2.83. The number of amides is 1. The van der Waals surface area contributed by atoms with Gasteiger partial charge in [0.2, 0.25) is 0 Å². The van der Waals surface area contributed by atoms with Crippen LogP contribution in [0.1, 0.15) is 23.2 Å². The molecule has 2 heterocycles. The summed E-state index contributed by atoms with van der Waals surface area (Å²) < 4.78 is 10.1. The molecule has 1 fully saturated rings. The van der Waals surface area contributed by atoms with Gasteiger partial charge in [-0.1, -0.05) is 0 Å². The van der Waals surface area contributed by atoms with Crippen LogP contribution in [-0.2, 0) is 4.74 Å². The van der Waals surface area contributed by atoms with Crippen LogP contribution in [0.3, 0.4) is 0 Å². The number of furan rings is 1. The molecule has 2 rings (SSSR count). The predicted molar refractivity (Wildman–Crippen MR) is 54.6 cm³/mol. The molecule has 15 heavy (non-hydrogen) atoms. The molecule has 1 aliphatic heterocycles. The van der Waals surface area contributed by atoms with Crippen molar-refractivity contribution >= 4 is 5.91 Å². The molecule has 1 aliphatic rings. The van der Waals surface area contributed by atoms with E-state index in [4.69, 9.17) is 9.15 Å². The van der Waals surface area contributed by atoms with E-state index in [0.717, 1.165) is 26.1 Å². The first-order valence-electron chi connectivity index (χ1n) is 5.24. The molecule has 82 valence electrons. The van der Waals surface area contributed by atoms with Gasteiger partial charge in [-0.05, 0) is 24.8 Å². The monoisotopic (exact) mass is 209 g/mol. The van der Waals surface area contributed by atoms with Crippen molar-refractivity contribution in [2.24, 2.45) is 5.92 Å². The van der Waals surface area contributed by atoms with Crippen molar-refractivity contribution in [2.45, 2.75) is 12.8 Å². The molecule has 4 nitrogen and oxygen atoms in total. The Morgan fingerprint density at radius 3 is 3.20 bits per heavy atom. The molecule has 4 heteroatoms. The van der Waals surface area contributed by atoms with Gasteiger partial charge in [-0.3, -0.25) is 4.79 Å². The Morgan fingerprint density at radius 1 is 1.60 bits per heavy atom. The minimum Gasteiger partial charge on any atom is -0.472 e. The van der Waals surface area contributed by atoms with Gasteiger partial charge in [0.25, 0.3) is 5.91 Å². The lowest BCUT2D eigenvalue weighted by atomic mass is 10.1. The zero-order valence-electron chi connectivity index (χ0n) is 8.57. The van der Waals surface area contributed by atoms with Crippen molar-refractivity contribution in [1.82, 2.24) is 5.32 Å². The Hall–Kier alpha value is -1.29. The Labute approximate surface area is 88.6 Å². The first-order valence-corrected chi connectivity index (χ1v) is 5.24. The number of hydrogen-bond donors (Lipinski definition) is 1. The summed E-state index contributed by atoms with van der Waals surface area (Å²) >= 11 is 0. The molecule has 1 saturated heterocycles. The van der Waals surface area contributed by atoms with Crippen LogP contribution >= 0.6 is 0 Å². The quantitative estimate of drug-likeness (QED) is 0.816. The van der Waals surface area contributed by atoms with Crippen LogP contribution in [0.25, 0.3) is 0 Å². The van der Waals surface area contributed by atoms with E-state index in [1.807, 2.05) is 0 Å². The first kappa shape index (κ1) is 10.2. The summed E-state index contributed by atoms with van der Waals surface area (Å²) in [5.41, 5.74) is 0.581. The maximum absolute atomic E-state index is 11.5. The summed E-state index contributed by atoms with van der Waals surface area (Å²) in [5, 5.41) is 2.86. The van der Waals surface area contributed by atoms with Crippen molar-refractivity contribution < 1.29 is 13.9 Å². The minimum absolute atomic E-state index is 0.0670. The number of rotatable bonds is 4. The molecule has 0 spiro atoms.